The van der Waals surface area contributed by atoms with E-state index >= 15 is 0 Å². The molecule has 0 aliphatic heterocycles. The summed E-state index contributed by atoms with van der Waals surface area (Å²) in [5, 5.41) is 3.88. The molecule has 0 unspecified atom stereocenters. The number of thiazole rings is 1. The predicted molar refractivity (Wildman–Crippen MR) is 81.7 cm³/mol. The van der Waals surface area contributed by atoms with Crippen molar-refractivity contribution in [2.75, 3.05) is 6.54 Å². The predicted octanol–water partition coefficient (Wildman–Crippen LogP) is 2.97. The highest BCUT2D eigenvalue weighted by Crippen LogP contribution is 2.27. The number of rotatable bonds is 6. The van der Waals surface area contributed by atoms with Crippen molar-refractivity contribution in [2.45, 2.75) is 33.1 Å². The van der Waals surface area contributed by atoms with Crippen molar-refractivity contribution in [2.24, 2.45) is 0 Å². The topological polar surface area (TPSA) is 54.9 Å². The van der Waals surface area contributed by atoms with Crippen molar-refractivity contribution in [1.29, 1.82) is 0 Å². The van der Waals surface area contributed by atoms with Gasteiger partial charge in [0.1, 0.15) is 5.01 Å². The lowest BCUT2D eigenvalue weighted by molar-refractivity contribution is -0.120. The Hall–Kier alpha value is -1.75. The average Bonchev–Trinajstić information content (AvgIpc) is 2.81. The first-order chi connectivity index (χ1) is 9.70. The fourth-order valence-corrected chi connectivity index (χ4v) is 2.89. The number of pyridine rings is 1. The Bertz CT molecular complexity index is 566. The third kappa shape index (κ3) is 3.87. The molecule has 2 aromatic heterocycles. The van der Waals surface area contributed by atoms with Gasteiger partial charge in [0.25, 0.3) is 0 Å². The van der Waals surface area contributed by atoms with Crippen LogP contribution in [0.5, 0.6) is 0 Å². The van der Waals surface area contributed by atoms with Gasteiger partial charge in [0.15, 0.2) is 0 Å². The van der Waals surface area contributed by atoms with Crippen LogP contribution in [0.1, 0.15) is 30.3 Å². The van der Waals surface area contributed by atoms with E-state index in [0.717, 1.165) is 40.5 Å². The summed E-state index contributed by atoms with van der Waals surface area (Å²) >= 11 is 1.58. The van der Waals surface area contributed by atoms with Crippen LogP contribution in [0.4, 0.5) is 0 Å². The molecule has 0 aliphatic rings. The molecule has 0 atom stereocenters. The van der Waals surface area contributed by atoms with E-state index in [4.69, 9.17) is 0 Å². The van der Waals surface area contributed by atoms with E-state index in [1.165, 1.54) is 0 Å². The minimum absolute atomic E-state index is 0.0754. The molecule has 5 heteroatoms. The molecular formula is C15H19N3OS. The molecule has 1 amide bonds. The summed E-state index contributed by atoms with van der Waals surface area (Å²) < 4.78 is 0. The number of aromatic nitrogens is 2. The van der Waals surface area contributed by atoms with Gasteiger partial charge in [-0.25, -0.2) is 4.98 Å². The number of nitrogens with zero attached hydrogens (tertiary/aromatic N) is 2. The Morgan fingerprint density at radius 1 is 1.35 bits per heavy atom. The van der Waals surface area contributed by atoms with Gasteiger partial charge in [-0.05, 0) is 25.5 Å². The van der Waals surface area contributed by atoms with Crippen molar-refractivity contribution in [1.82, 2.24) is 15.3 Å². The van der Waals surface area contributed by atoms with Crippen molar-refractivity contribution in [3.63, 3.8) is 0 Å². The Morgan fingerprint density at radius 3 is 2.80 bits per heavy atom. The second-order valence-corrected chi connectivity index (χ2v) is 5.73. The van der Waals surface area contributed by atoms with Crippen LogP contribution in [0.15, 0.2) is 24.5 Å². The first kappa shape index (κ1) is 14.7. The first-order valence-corrected chi connectivity index (χ1v) is 7.65. The molecule has 0 saturated heterocycles. The lowest BCUT2D eigenvalue weighted by Gasteiger charge is -2.02. The minimum atomic E-state index is 0.0754. The fourth-order valence-electron chi connectivity index (χ4n) is 1.82. The van der Waals surface area contributed by atoms with Crippen LogP contribution in [0.3, 0.4) is 0 Å². The summed E-state index contributed by atoms with van der Waals surface area (Å²) in [5.74, 6) is 0.0754. The SMILES string of the molecule is CCCCNC(=O)Cc1sc(-c2ccncc2)nc1C. The zero-order valence-corrected chi connectivity index (χ0v) is 12.7. The summed E-state index contributed by atoms with van der Waals surface area (Å²) in [6.45, 7) is 4.82. The molecule has 0 fully saturated rings. The number of hydrogen-bond donors (Lipinski definition) is 1. The van der Waals surface area contributed by atoms with Gasteiger partial charge in [-0.3, -0.25) is 9.78 Å². The Balaban J connectivity index is 2.03. The molecule has 0 radical (unpaired) electrons. The van der Waals surface area contributed by atoms with Crippen LogP contribution in [-0.4, -0.2) is 22.4 Å². The molecule has 0 spiro atoms. The number of aryl methyl sites for hydroxylation is 1. The Morgan fingerprint density at radius 2 is 2.10 bits per heavy atom. The summed E-state index contributed by atoms with van der Waals surface area (Å²) in [5.41, 5.74) is 1.98. The molecule has 2 heterocycles. The van der Waals surface area contributed by atoms with Crippen molar-refractivity contribution in [3.8, 4) is 10.6 Å². The number of carbonyl (C=O) groups is 1. The van der Waals surface area contributed by atoms with E-state index in [1.807, 2.05) is 19.1 Å². The number of hydrogen-bond acceptors (Lipinski definition) is 4. The lowest BCUT2D eigenvalue weighted by atomic mass is 10.2. The van der Waals surface area contributed by atoms with Gasteiger partial charge in [-0.1, -0.05) is 13.3 Å². The summed E-state index contributed by atoms with van der Waals surface area (Å²) in [4.78, 5) is 21.4. The minimum Gasteiger partial charge on any atom is -0.356 e. The van der Waals surface area contributed by atoms with Gasteiger partial charge >= 0.3 is 0 Å². The fraction of sp³-hybridized carbons (Fsp3) is 0.400. The number of amides is 1. The maximum absolute atomic E-state index is 11.8. The highest BCUT2D eigenvalue weighted by atomic mass is 32.1. The molecule has 2 aromatic rings. The summed E-state index contributed by atoms with van der Waals surface area (Å²) in [6, 6.07) is 3.87. The zero-order chi connectivity index (χ0) is 14.4. The third-order valence-corrected chi connectivity index (χ3v) is 4.20. The van der Waals surface area contributed by atoms with Gasteiger partial charge in [0, 0.05) is 29.4 Å². The highest BCUT2D eigenvalue weighted by Gasteiger charge is 2.12. The molecule has 1 N–H and O–H groups in total. The van der Waals surface area contributed by atoms with E-state index < -0.39 is 0 Å². The van der Waals surface area contributed by atoms with Crippen LogP contribution >= 0.6 is 11.3 Å². The van der Waals surface area contributed by atoms with Crippen LogP contribution in [-0.2, 0) is 11.2 Å². The third-order valence-electron chi connectivity index (χ3n) is 2.99. The lowest BCUT2D eigenvalue weighted by Crippen LogP contribution is -2.25. The Kier molecular flexibility index (Phi) is 5.24. The smallest absolute Gasteiger partial charge is 0.225 e. The van der Waals surface area contributed by atoms with E-state index in [1.54, 1.807) is 23.7 Å². The molecule has 0 bridgehead atoms. The van der Waals surface area contributed by atoms with E-state index in [0.29, 0.717) is 6.42 Å². The standard InChI is InChI=1S/C15H19N3OS/c1-3-4-7-17-14(19)10-13-11(2)18-15(20-13)12-5-8-16-9-6-12/h5-6,8-9H,3-4,7,10H2,1-2H3,(H,17,19). The van der Waals surface area contributed by atoms with Crippen LogP contribution in [0, 0.1) is 6.92 Å². The number of unbranched alkanes of at least 4 members (excludes halogenated alkanes) is 1. The largest absolute Gasteiger partial charge is 0.356 e. The number of nitrogens with one attached hydrogen (secondary N) is 1. The molecule has 0 aromatic carbocycles. The Labute approximate surface area is 123 Å². The van der Waals surface area contributed by atoms with Gasteiger partial charge in [0.2, 0.25) is 5.91 Å². The van der Waals surface area contributed by atoms with Crippen LogP contribution < -0.4 is 5.32 Å². The maximum Gasteiger partial charge on any atom is 0.225 e. The molecule has 0 aliphatic carbocycles. The average molecular weight is 289 g/mol. The van der Waals surface area contributed by atoms with Gasteiger partial charge < -0.3 is 5.32 Å². The second kappa shape index (κ2) is 7.14. The van der Waals surface area contributed by atoms with Crippen molar-refractivity contribution in [3.05, 3.63) is 35.1 Å². The summed E-state index contributed by atoms with van der Waals surface area (Å²) in [7, 11) is 0. The second-order valence-electron chi connectivity index (χ2n) is 4.64. The van der Waals surface area contributed by atoms with Crippen molar-refractivity contribution < 1.29 is 4.79 Å². The van der Waals surface area contributed by atoms with E-state index in [9.17, 15) is 4.79 Å². The van der Waals surface area contributed by atoms with Gasteiger partial charge in [0.05, 0.1) is 12.1 Å². The highest BCUT2D eigenvalue weighted by molar-refractivity contribution is 7.15. The van der Waals surface area contributed by atoms with Crippen molar-refractivity contribution >= 4 is 17.2 Å². The van der Waals surface area contributed by atoms with Gasteiger partial charge in [-0.15, -0.1) is 11.3 Å². The van der Waals surface area contributed by atoms with Crippen LogP contribution in [0.25, 0.3) is 10.6 Å². The molecule has 2 rings (SSSR count). The normalized spacial score (nSPS) is 10.5. The monoisotopic (exact) mass is 289 g/mol. The molecule has 106 valence electrons. The first-order valence-electron chi connectivity index (χ1n) is 6.84. The molecule has 0 saturated carbocycles. The maximum atomic E-state index is 11.8. The molecular weight excluding hydrogens is 270 g/mol. The quantitative estimate of drug-likeness (QED) is 0.832. The van der Waals surface area contributed by atoms with Crippen LogP contribution in [0.2, 0.25) is 0 Å². The van der Waals surface area contributed by atoms with E-state index in [2.05, 4.69) is 22.2 Å². The molecule has 4 nitrogen and oxygen atoms in total. The van der Waals surface area contributed by atoms with Gasteiger partial charge in [-0.2, -0.15) is 0 Å². The van der Waals surface area contributed by atoms with E-state index in [-0.39, 0.29) is 5.91 Å². The zero-order valence-electron chi connectivity index (χ0n) is 11.8. The molecule has 20 heavy (non-hydrogen) atoms. The summed E-state index contributed by atoms with van der Waals surface area (Å²) in [6.07, 6.45) is 6.03. The number of carbonyl (C=O) groups excluding carboxylic acids is 1.